The van der Waals surface area contributed by atoms with Gasteiger partial charge in [-0.3, -0.25) is 4.55 Å². The van der Waals surface area contributed by atoms with Crippen LogP contribution < -0.4 is 10.6 Å². The molecular weight excluding hydrogens is 456 g/mol. The lowest BCUT2D eigenvalue weighted by Gasteiger charge is -2.17. The van der Waals surface area contributed by atoms with E-state index in [0.717, 1.165) is 11.3 Å². The molecule has 3 rings (SSSR count). The first-order valence-electron chi connectivity index (χ1n) is 8.88. The Bertz CT molecular complexity index is 1380. The van der Waals surface area contributed by atoms with Gasteiger partial charge >= 0.3 is 10.6 Å². The fraction of sp³-hybridized carbons (Fsp3) is 0.100. The van der Waals surface area contributed by atoms with Crippen molar-refractivity contribution in [2.45, 2.75) is 18.7 Å². The van der Waals surface area contributed by atoms with Crippen molar-refractivity contribution < 1.29 is 25.6 Å². The van der Waals surface area contributed by atoms with E-state index in [1.807, 2.05) is 37.3 Å². The van der Waals surface area contributed by atoms with Crippen LogP contribution in [0.4, 0.5) is 23.0 Å². The fourth-order valence-electron chi connectivity index (χ4n) is 2.72. The summed E-state index contributed by atoms with van der Waals surface area (Å²) < 4.78 is 58.1. The van der Waals surface area contributed by atoms with E-state index in [1.165, 1.54) is 18.2 Å². The lowest BCUT2D eigenvalue weighted by molar-refractivity contribution is 0.483. The molecule has 0 aliphatic rings. The Kier molecular flexibility index (Phi) is 8.03. The van der Waals surface area contributed by atoms with Crippen molar-refractivity contribution in [3.8, 4) is 6.07 Å². The first-order chi connectivity index (χ1) is 15.0. The van der Waals surface area contributed by atoms with Gasteiger partial charge in [-0.15, -0.1) is 12.6 Å². The second kappa shape index (κ2) is 10.5. The van der Waals surface area contributed by atoms with Crippen molar-refractivity contribution in [2.75, 3.05) is 10.6 Å². The molecule has 32 heavy (non-hydrogen) atoms. The van der Waals surface area contributed by atoms with Crippen molar-refractivity contribution in [1.29, 1.82) is 5.26 Å². The molecule has 0 aliphatic heterocycles. The van der Waals surface area contributed by atoms with Gasteiger partial charge in [0.05, 0.1) is 11.3 Å². The van der Waals surface area contributed by atoms with Crippen LogP contribution in [0.2, 0.25) is 0 Å². The summed E-state index contributed by atoms with van der Waals surface area (Å²) in [7, 11) is -7.55. The Hall–Kier alpha value is -3.79. The Balaban J connectivity index is 0.000000837. The average Bonchev–Trinajstić information content (AvgIpc) is 2.72. The number of anilines is 4. The molecule has 3 aromatic rings. The Morgan fingerprint density at radius 1 is 0.906 bits per heavy atom. The van der Waals surface area contributed by atoms with Gasteiger partial charge in [0, 0.05) is 5.69 Å². The maximum absolute atomic E-state index is 11.6. The van der Waals surface area contributed by atoms with E-state index >= 15 is 0 Å². The van der Waals surface area contributed by atoms with Crippen LogP contribution in [0.5, 0.6) is 0 Å². The van der Waals surface area contributed by atoms with Gasteiger partial charge in [-0.05, 0) is 49.2 Å². The van der Waals surface area contributed by atoms with Crippen LogP contribution in [-0.4, -0.2) is 30.6 Å². The van der Waals surface area contributed by atoms with E-state index in [1.54, 1.807) is 13.0 Å². The standard InChI is InChI=1S/C20H18N4O3S.O3S/c1-13-14(2)19(22-15-8-4-3-5-9-15)24-20(16(13)12-21)23-17-10-6-7-11-18(17)28(25,26)27;1-4(2)3/h3-11H,1-2H3,(H2,22,23,24)(H,25,26,27);. The normalized spacial score (nSPS) is 10.3. The summed E-state index contributed by atoms with van der Waals surface area (Å²) in [6, 6.07) is 17.4. The molecule has 2 aromatic carbocycles. The van der Waals surface area contributed by atoms with E-state index in [9.17, 15) is 18.2 Å². The smallest absolute Gasteiger partial charge is 0.340 e. The Morgan fingerprint density at radius 3 is 2.03 bits per heavy atom. The SMILES string of the molecule is Cc1c(Nc2ccccc2)nc(Nc2ccccc2S(=O)(=O)O)c(C#N)c1C.O=S(=O)=O. The molecule has 0 amide bonds. The van der Waals surface area contributed by atoms with Gasteiger partial charge in [0.1, 0.15) is 16.8 Å². The first kappa shape index (κ1) is 24.5. The summed E-state index contributed by atoms with van der Waals surface area (Å²) in [6.45, 7) is 3.65. The van der Waals surface area contributed by atoms with Gasteiger partial charge in [0.2, 0.25) is 0 Å². The number of hydrogen-bond donors (Lipinski definition) is 3. The van der Waals surface area contributed by atoms with E-state index in [4.69, 9.17) is 12.6 Å². The summed E-state index contributed by atoms with van der Waals surface area (Å²) in [5, 5.41) is 15.7. The number of nitriles is 1. The van der Waals surface area contributed by atoms with E-state index < -0.39 is 20.7 Å². The van der Waals surface area contributed by atoms with Crippen molar-refractivity contribution in [2.24, 2.45) is 0 Å². The predicted molar refractivity (Wildman–Crippen MR) is 117 cm³/mol. The summed E-state index contributed by atoms with van der Waals surface area (Å²) in [4.78, 5) is 4.20. The topological polar surface area (TPSA) is 166 Å². The molecule has 3 N–H and O–H groups in total. The molecule has 0 aliphatic carbocycles. The summed E-state index contributed by atoms with van der Waals surface area (Å²) in [5.74, 6) is 0.731. The van der Waals surface area contributed by atoms with Gasteiger partial charge in [-0.25, -0.2) is 4.98 Å². The Morgan fingerprint density at radius 2 is 1.47 bits per heavy atom. The molecule has 0 spiro atoms. The quantitative estimate of drug-likeness (QED) is 0.467. The third-order valence-corrected chi connectivity index (χ3v) is 5.23. The maximum Gasteiger partial charge on any atom is 0.425 e. The highest BCUT2D eigenvalue weighted by Gasteiger charge is 2.19. The Labute approximate surface area is 186 Å². The highest BCUT2D eigenvalue weighted by atomic mass is 32.2. The van der Waals surface area contributed by atoms with Crippen LogP contribution in [0.3, 0.4) is 0 Å². The number of benzene rings is 2. The van der Waals surface area contributed by atoms with Crippen molar-refractivity contribution in [1.82, 2.24) is 4.98 Å². The number of aromatic nitrogens is 1. The third kappa shape index (κ3) is 6.35. The number of rotatable bonds is 5. The second-order valence-corrected chi connectivity index (χ2v) is 8.14. The van der Waals surface area contributed by atoms with Crippen LogP contribution in [0, 0.1) is 25.2 Å². The van der Waals surface area contributed by atoms with Crippen LogP contribution >= 0.6 is 0 Å². The van der Waals surface area contributed by atoms with Crippen molar-refractivity contribution >= 4 is 43.7 Å². The van der Waals surface area contributed by atoms with E-state index in [0.29, 0.717) is 16.9 Å². The summed E-state index contributed by atoms with van der Waals surface area (Å²) in [6.07, 6.45) is 0. The minimum Gasteiger partial charge on any atom is -0.340 e. The zero-order valence-corrected chi connectivity index (χ0v) is 18.5. The predicted octanol–water partition coefficient (Wildman–Crippen LogP) is 3.30. The number of para-hydroxylation sites is 2. The van der Waals surface area contributed by atoms with Crippen LogP contribution in [0.15, 0.2) is 59.5 Å². The molecule has 1 heterocycles. The molecule has 166 valence electrons. The third-order valence-electron chi connectivity index (χ3n) is 4.32. The molecule has 0 radical (unpaired) electrons. The lowest BCUT2D eigenvalue weighted by atomic mass is 10.1. The van der Waals surface area contributed by atoms with Gasteiger partial charge < -0.3 is 10.6 Å². The number of nitrogens with zero attached hydrogens (tertiary/aromatic N) is 2. The van der Waals surface area contributed by atoms with Crippen LogP contribution in [0.25, 0.3) is 0 Å². The minimum absolute atomic E-state index is 0.128. The summed E-state index contributed by atoms with van der Waals surface area (Å²) in [5.41, 5.74) is 2.76. The molecule has 12 heteroatoms. The van der Waals surface area contributed by atoms with Gasteiger partial charge in [-0.2, -0.15) is 13.7 Å². The molecule has 0 fully saturated rings. The molecule has 0 atom stereocenters. The molecule has 0 saturated carbocycles. The van der Waals surface area contributed by atoms with Gasteiger partial charge in [0.25, 0.3) is 10.1 Å². The van der Waals surface area contributed by atoms with Crippen molar-refractivity contribution in [3.05, 3.63) is 71.3 Å². The average molecular weight is 475 g/mol. The lowest BCUT2D eigenvalue weighted by Crippen LogP contribution is -2.08. The highest BCUT2D eigenvalue weighted by molar-refractivity contribution is 7.86. The fourth-order valence-corrected chi connectivity index (χ4v) is 3.37. The second-order valence-electron chi connectivity index (χ2n) is 6.34. The molecular formula is C20H18N4O6S2. The van der Waals surface area contributed by atoms with Crippen molar-refractivity contribution in [3.63, 3.8) is 0 Å². The summed E-state index contributed by atoms with van der Waals surface area (Å²) >= 11 is 0. The molecule has 1 aromatic heterocycles. The van der Waals surface area contributed by atoms with Crippen LogP contribution in [-0.2, 0) is 20.7 Å². The molecule has 10 nitrogen and oxygen atoms in total. The molecule has 0 saturated heterocycles. The first-order valence-corrected chi connectivity index (χ1v) is 11.3. The zero-order chi connectivity index (χ0) is 23.9. The van der Waals surface area contributed by atoms with Gasteiger partial charge in [-0.1, -0.05) is 30.3 Å². The van der Waals surface area contributed by atoms with Crippen LogP contribution in [0.1, 0.15) is 16.7 Å². The van der Waals surface area contributed by atoms with E-state index in [-0.39, 0.29) is 16.4 Å². The maximum atomic E-state index is 11.6. The zero-order valence-electron chi connectivity index (χ0n) is 16.9. The largest absolute Gasteiger partial charge is 0.425 e. The molecule has 0 bridgehead atoms. The number of hydrogen-bond acceptors (Lipinski definition) is 9. The monoisotopic (exact) mass is 474 g/mol. The molecule has 0 unspecified atom stereocenters. The minimum atomic E-state index is -4.44. The number of pyridine rings is 1. The van der Waals surface area contributed by atoms with E-state index in [2.05, 4.69) is 21.7 Å². The number of nitrogens with one attached hydrogen (secondary N) is 2. The van der Waals surface area contributed by atoms with Gasteiger partial charge in [0.15, 0.2) is 5.82 Å². The highest BCUT2D eigenvalue weighted by Crippen LogP contribution is 2.31.